The lowest BCUT2D eigenvalue weighted by Crippen LogP contribution is -2.11. The second-order valence-corrected chi connectivity index (χ2v) is 13.5. The maximum atomic E-state index is 4.50. The minimum absolute atomic E-state index is 0.982. The molecule has 1 aromatic heterocycles. The Kier molecular flexibility index (Phi) is 7.00. The van der Waals surface area contributed by atoms with E-state index in [0.717, 1.165) is 28.1 Å². The van der Waals surface area contributed by atoms with Gasteiger partial charge in [0.15, 0.2) is 0 Å². The Morgan fingerprint density at radius 1 is 0.404 bits per heavy atom. The minimum Gasteiger partial charge on any atom is -0.317 e. The molecule has 0 spiro atoms. The summed E-state index contributed by atoms with van der Waals surface area (Å²) >= 11 is 0. The van der Waals surface area contributed by atoms with Gasteiger partial charge in [-0.25, -0.2) is 0 Å². The van der Waals surface area contributed by atoms with Gasteiger partial charge in [0, 0.05) is 33.6 Å². The molecule has 10 rings (SSSR count). The summed E-state index contributed by atoms with van der Waals surface area (Å²) in [5, 5.41) is 7.40. The van der Waals surface area contributed by atoms with Gasteiger partial charge in [-0.3, -0.25) is 0 Å². The van der Waals surface area contributed by atoms with E-state index in [4.69, 9.17) is 0 Å². The Labute approximate surface area is 303 Å². The predicted molar refractivity (Wildman–Crippen MR) is 223 cm³/mol. The van der Waals surface area contributed by atoms with Crippen molar-refractivity contribution in [3.63, 3.8) is 0 Å². The molecule has 8 aromatic carbocycles. The number of aromatic nitrogens is 1. The molecule has 0 aliphatic carbocycles. The number of anilines is 2. The van der Waals surface area contributed by atoms with Gasteiger partial charge in [-0.1, -0.05) is 140 Å². The summed E-state index contributed by atoms with van der Waals surface area (Å²) < 4.78 is 2.44. The SMILES string of the molecule is C=C1/C=C\C=C/N(c2ccc3ccccc3c2)c2ccc(-c3ccc4c(c3)c3ccccc3n4-c3cccc4c(-c5ccccc5)cccc34)cc21. The topological polar surface area (TPSA) is 8.17 Å². The number of benzene rings is 8. The van der Waals surface area contributed by atoms with Crippen molar-refractivity contribution in [2.45, 2.75) is 0 Å². The highest BCUT2D eigenvalue weighted by Crippen LogP contribution is 2.41. The molecule has 0 unspecified atom stereocenters. The van der Waals surface area contributed by atoms with Crippen LogP contribution in [0.1, 0.15) is 5.56 Å². The van der Waals surface area contributed by atoms with E-state index in [0.29, 0.717) is 0 Å². The van der Waals surface area contributed by atoms with E-state index >= 15 is 0 Å². The molecule has 0 saturated carbocycles. The lowest BCUT2D eigenvalue weighted by Gasteiger charge is -2.26. The molecule has 244 valence electrons. The van der Waals surface area contributed by atoms with Gasteiger partial charge in [0.25, 0.3) is 0 Å². The Morgan fingerprint density at radius 3 is 2.06 bits per heavy atom. The zero-order valence-electron chi connectivity index (χ0n) is 28.6. The van der Waals surface area contributed by atoms with Gasteiger partial charge in [-0.2, -0.15) is 0 Å². The monoisotopic (exact) mass is 662 g/mol. The zero-order chi connectivity index (χ0) is 34.6. The van der Waals surface area contributed by atoms with Crippen LogP contribution in [0.15, 0.2) is 201 Å². The molecule has 2 heteroatoms. The second-order valence-electron chi connectivity index (χ2n) is 13.5. The molecular formula is C50H34N2. The van der Waals surface area contributed by atoms with E-state index in [1.807, 2.05) is 0 Å². The highest BCUT2D eigenvalue weighted by atomic mass is 15.1. The van der Waals surface area contributed by atoms with Crippen molar-refractivity contribution in [3.05, 3.63) is 206 Å². The van der Waals surface area contributed by atoms with Gasteiger partial charge in [0.05, 0.1) is 22.4 Å². The molecule has 0 fully saturated rings. The Bertz CT molecular complexity index is 2920. The molecule has 1 aliphatic heterocycles. The van der Waals surface area contributed by atoms with Crippen LogP contribution in [0.2, 0.25) is 0 Å². The molecule has 0 saturated heterocycles. The lowest BCUT2D eigenvalue weighted by molar-refractivity contribution is 1.20. The van der Waals surface area contributed by atoms with Gasteiger partial charge >= 0.3 is 0 Å². The van der Waals surface area contributed by atoms with E-state index in [9.17, 15) is 0 Å². The fourth-order valence-corrected chi connectivity index (χ4v) is 7.98. The molecule has 52 heavy (non-hydrogen) atoms. The van der Waals surface area contributed by atoms with Gasteiger partial charge in [-0.05, 0) is 98.6 Å². The normalized spacial score (nSPS) is 14.1. The van der Waals surface area contributed by atoms with E-state index < -0.39 is 0 Å². The van der Waals surface area contributed by atoms with Crippen LogP contribution >= 0.6 is 0 Å². The third-order valence-electron chi connectivity index (χ3n) is 10.5. The van der Waals surface area contributed by atoms with Gasteiger partial charge in [-0.15, -0.1) is 0 Å². The summed E-state index contributed by atoms with van der Waals surface area (Å²) in [5.41, 5.74) is 12.7. The molecule has 1 aliphatic rings. The van der Waals surface area contributed by atoms with Crippen molar-refractivity contribution in [1.29, 1.82) is 0 Å². The van der Waals surface area contributed by atoms with Crippen molar-refractivity contribution in [1.82, 2.24) is 4.57 Å². The van der Waals surface area contributed by atoms with E-state index in [1.54, 1.807) is 0 Å². The van der Waals surface area contributed by atoms with Crippen molar-refractivity contribution in [2.24, 2.45) is 0 Å². The van der Waals surface area contributed by atoms with Gasteiger partial charge in [0.2, 0.25) is 0 Å². The molecule has 0 bridgehead atoms. The van der Waals surface area contributed by atoms with Crippen molar-refractivity contribution >= 4 is 60.3 Å². The first-order valence-corrected chi connectivity index (χ1v) is 17.8. The van der Waals surface area contributed by atoms with E-state index in [1.165, 1.54) is 65.7 Å². The Hall–Kier alpha value is -6.90. The maximum absolute atomic E-state index is 4.50. The highest BCUT2D eigenvalue weighted by Gasteiger charge is 2.19. The highest BCUT2D eigenvalue weighted by molar-refractivity contribution is 6.12. The predicted octanol–water partition coefficient (Wildman–Crippen LogP) is 13.7. The van der Waals surface area contributed by atoms with Gasteiger partial charge < -0.3 is 9.47 Å². The first-order valence-electron chi connectivity index (χ1n) is 17.8. The molecule has 2 heterocycles. The van der Waals surface area contributed by atoms with Crippen molar-refractivity contribution in [3.8, 4) is 27.9 Å². The lowest BCUT2D eigenvalue weighted by atomic mass is 9.95. The van der Waals surface area contributed by atoms with Crippen molar-refractivity contribution < 1.29 is 0 Å². The molecule has 0 atom stereocenters. The number of allylic oxidation sites excluding steroid dienone is 4. The van der Waals surface area contributed by atoms with E-state index in [-0.39, 0.29) is 0 Å². The summed E-state index contributed by atoms with van der Waals surface area (Å²) in [6.07, 6.45) is 8.39. The summed E-state index contributed by atoms with van der Waals surface area (Å²) in [6.45, 7) is 4.50. The molecule has 0 amide bonds. The second kappa shape index (κ2) is 12.2. The minimum atomic E-state index is 0.982. The summed E-state index contributed by atoms with van der Waals surface area (Å²) in [6, 6.07) is 61.7. The Balaban J connectivity index is 1.12. The number of rotatable bonds is 4. The summed E-state index contributed by atoms with van der Waals surface area (Å²) in [7, 11) is 0. The smallest absolute Gasteiger partial charge is 0.0541 e. The van der Waals surface area contributed by atoms with Crippen LogP contribution < -0.4 is 4.90 Å². The van der Waals surface area contributed by atoms with Crippen LogP contribution in [0, 0.1) is 0 Å². The van der Waals surface area contributed by atoms with E-state index in [2.05, 4.69) is 210 Å². The molecule has 2 nitrogen and oxygen atoms in total. The first kappa shape index (κ1) is 30.0. The summed E-state index contributed by atoms with van der Waals surface area (Å²) in [5.74, 6) is 0. The van der Waals surface area contributed by atoms with Gasteiger partial charge in [0.1, 0.15) is 0 Å². The maximum Gasteiger partial charge on any atom is 0.0541 e. The largest absolute Gasteiger partial charge is 0.317 e. The number of fused-ring (bicyclic) bond motifs is 6. The molecular weight excluding hydrogens is 629 g/mol. The molecule has 0 N–H and O–H groups in total. The average Bonchev–Trinajstić information content (AvgIpc) is 3.53. The number of nitrogens with zero attached hydrogens (tertiary/aromatic N) is 2. The summed E-state index contributed by atoms with van der Waals surface area (Å²) in [4.78, 5) is 2.27. The number of hydrogen-bond acceptors (Lipinski definition) is 1. The van der Waals surface area contributed by atoms with Crippen LogP contribution in [0.25, 0.3) is 76.9 Å². The number of hydrogen-bond donors (Lipinski definition) is 0. The fraction of sp³-hybridized carbons (Fsp3) is 0. The van der Waals surface area contributed by atoms with Crippen molar-refractivity contribution in [2.75, 3.05) is 4.90 Å². The van der Waals surface area contributed by atoms with Crippen LogP contribution in [0.5, 0.6) is 0 Å². The number of para-hydroxylation sites is 1. The molecule has 9 aromatic rings. The Morgan fingerprint density at radius 2 is 1.13 bits per heavy atom. The van der Waals surface area contributed by atoms with Crippen LogP contribution in [0.4, 0.5) is 11.4 Å². The third-order valence-corrected chi connectivity index (χ3v) is 10.5. The van der Waals surface area contributed by atoms with Crippen LogP contribution in [0.3, 0.4) is 0 Å². The third kappa shape index (κ3) is 4.88. The van der Waals surface area contributed by atoms with Crippen LogP contribution in [-0.2, 0) is 0 Å². The zero-order valence-corrected chi connectivity index (χ0v) is 28.6. The van der Waals surface area contributed by atoms with Crippen LogP contribution in [-0.4, -0.2) is 4.57 Å². The molecule has 0 radical (unpaired) electrons. The first-order chi connectivity index (χ1) is 25.7. The average molecular weight is 663 g/mol. The quantitative estimate of drug-likeness (QED) is 0.182. The standard InChI is InChI=1S/C50H34N2/c1-34-13-9-10-30-51(40-27-24-35-14-5-6-17-37(35)31-40)47-28-25-38(32-45(34)47)39-26-29-50-46(33-39)44-18-7-8-22-48(44)52(50)49-23-12-20-42-41(19-11-21-43(42)49)36-15-3-2-4-16-36/h2-33H,1H2/b13-9-,30-10-. The fourth-order valence-electron chi connectivity index (χ4n) is 7.98.